The Hall–Kier alpha value is -2.11. The fourth-order valence-corrected chi connectivity index (χ4v) is 1.64. The summed E-state index contributed by atoms with van der Waals surface area (Å²) in [7, 11) is 0. The van der Waals surface area contributed by atoms with Crippen molar-refractivity contribution in [3.8, 4) is 0 Å². The molecule has 0 fully saturated rings. The van der Waals surface area contributed by atoms with Gasteiger partial charge in [-0.2, -0.15) is 0 Å². The minimum Gasteiger partial charge on any atom is -0.409 e. The van der Waals surface area contributed by atoms with Gasteiger partial charge in [-0.25, -0.2) is 0 Å². The molecule has 0 aliphatic carbocycles. The molecule has 0 aliphatic heterocycles. The Morgan fingerprint density at radius 1 is 1.68 bits per heavy atom. The van der Waals surface area contributed by atoms with Gasteiger partial charge in [-0.3, -0.25) is 9.78 Å². The summed E-state index contributed by atoms with van der Waals surface area (Å²) < 4.78 is 0. The highest BCUT2D eigenvalue weighted by Crippen LogP contribution is 2.23. The predicted molar refractivity (Wildman–Crippen MR) is 72.6 cm³/mol. The van der Waals surface area contributed by atoms with E-state index in [2.05, 4.69) is 15.5 Å². The quantitative estimate of drug-likeness (QED) is 0.324. The van der Waals surface area contributed by atoms with E-state index in [1.807, 2.05) is 19.9 Å². The zero-order valence-electron chi connectivity index (χ0n) is 11.4. The van der Waals surface area contributed by atoms with Gasteiger partial charge < -0.3 is 16.3 Å². The molecule has 2 atom stereocenters. The van der Waals surface area contributed by atoms with Crippen LogP contribution in [0.3, 0.4) is 0 Å². The van der Waals surface area contributed by atoms with Gasteiger partial charge in [0.1, 0.15) is 5.41 Å². The maximum atomic E-state index is 12.3. The minimum absolute atomic E-state index is 0.0918. The topological polar surface area (TPSA) is 101 Å². The Labute approximate surface area is 112 Å². The van der Waals surface area contributed by atoms with Crippen LogP contribution < -0.4 is 11.1 Å². The number of nitrogens with zero attached hydrogens (tertiary/aromatic N) is 2. The second-order valence-corrected chi connectivity index (χ2v) is 4.65. The molecular formula is C13H20N4O2. The van der Waals surface area contributed by atoms with Gasteiger partial charge in [0.15, 0.2) is 5.84 Å². The summed E-state index contributed by atoms with van der Waals surface area (Å²) in [5.41, 5.74) is 5.48. The molecule has 2 unspecified atom stereocenters. The standard InChI is InChI=1S/C13H20N4O2/c1-4-13(3,11(14)17-19)12(18)16-9(2)10-6-5-7-15-8-10/h5-9,19H,4H2,1-3H3,(H2,14,17)(H,16,18). The van der Waals surface area contributed by atoms with E-state index in [0.717, 1.165) is 5.56 Å². The SMILES string of the molecule is CCC(C)(C(=O)NC(C)c1cccnc1)/C(N)=N/O. The fraction of sp³-hybridized carbons (Fsp3) is 0.462. The molecular weight excluding hydrogens is 244 g/mol. The number of hydrogen-bond donors (Lipinski definition) is 3. The van der Waals surface area contributed by atoms with E-state index in [0.29, 0.717) is 6.42 Å². The van der Waals surface area contributed by atoms with E-state index in [9.17, 15) is 4.79 Å². The van der Waals surface area contributed by atoms with Gasteiger partial charge in [0.25, 0.3) is 0 Å². The van der Waals surface area contributed by atoms with Crippen molar-refractivity contribution >= 4 is 11.7 Å². The summed E-state index contributed by atoms with van der Waals surface area (Å²) in [4.78, 5) is 16.3. The van der Waals surface area contributed by atoms with Gasteiger partial charge >= 0.3 is 0 Å². The van der Waals surface area contributed by atoms with Crippen molar-refractivity contribution in [3.63, 3.8) is 0 Å². The van der Waals surface area contributed by atoms with Crippen LogP contribution in [0.4, 0.5) is 0 Å². The van der Waals surface area contributed by atoms with Crippen LogP contribution in [0.25, 0.3) is 0 Å². The van der Waals surface area contributed by atoms with Crippen LogP contribution in [0.15, 0.2) is 29.7 Å². The number of amidine groups is 1. The van der Waals surface area contributed by atoms with Gasteiger partial charge in [-0.1, -0.05) is 18.1 Å². The number of nitrogens with two attached hydrogens (primary N) is 1. The lowest BCUT2D eigenvalue weighted by Crippen LogP contribution is -2.48. The van der Waals surface area contributed by atoms with Crippen molar-refractivity contribution in [1.29, 1.82) is 0 Å². The van der Waals surface area contributed by atoms with Crippen LogP contribution in [0, 0.1) is 5.41 Å². The number of carbonyl (C=O) groups excluding carboxylic acids is 1. The van der Waals surface area contributed by atoms with Crippen molar-refractivity contribution in [2.24, 2.45) is 16.3 Å². The molecule has 1 rings (SSSR count). The summed E-state index contributed by atoms with van der Waals surface area (Å²) in [6, 6.07) is 3.49. The van der Waals surface area contributed by atoms with E-state index >= 15 is 0 Å². The lowest BCUT2D eigenvalue weighted by molar-refractivity contribution is -0.127. The van der Waals surface area contributed by atoms with Crippen molar-refractivity contribution in [2.75, 3.05) is 0 Å². The van der Waals surface area contributed by atoms with Crippen molar-refractivity contribution < 1.29 is 10.0 Å². The predicted octanol–water partition coefficient (Wildman–Crippen LogP) is 1.42. The highest BCUT2D eigenvalue weighted by molar-refractivity contribution is 6.06. The summed E-state index contributed by atoms with van der Waals surface area (Å²) in [6.45, 7) is 5.32. The Morgan fingerprint density at radius 3 is 2.84 bits per heavy atom. The monoisotopic (exact) mass is 264 g/mol. The van der Waals surface area contributed by atoms with Crippen LogP contribution >= 0.6 is 0 Å². The smallest absolute Gasteiger partial charge is 0.234 e. The van der Waals surface area contributed by atoms with Gasteiger partial charge in [0.2, 0.25) is 5.91 Å². The molecule has 4 N–H and O–H groups in total. The minimum atomic E-state index is -1.02. The first-order chi connectivity index (χ1) is 8.95. The second kappa shape index (κ2) is 6.17. The maximum Gasteiger partial charge on any atom is 0.234 e. The third kappa shape index (κ3) is 3.21. The summed E-state index contributed by atoms with van der Waals surface area (Å²) in [5, 5.41) is 14.6. The first-order valence-electron chi connectivity index (χ1n) is 6.14. The molecule has 104 valence electrons. The van der Waals surface area contributed by atoms with Crippen LogP contribution in [0.5, 0.6) is 0 Å². The van der Waals surface area contributed by atoms with Gasteiger partial charge in [-0.15, -0.1) is 0 Å². The number of pyridine rings is 1. The second-order valence-electron chi connectivity index (χ2n) is 4.65. The van der Waals surface area contributed by atoms with Gasteiger partial charge in [0.05, 0.1) is 6.04 Å². The molecule has 1 amide bonds. The molecule has 0 saturated heterocycles. The first-order valence-corrected chi connectivity index (χ1v) is 6.14. The summed E-state index contributed by atoms with van der Waals surface area (Å²) in [5.74, 6) is -0.368. The molecule has 1 heterocycles. The Kier molecular flexibility index (Phi) is 4.86. The van der Waals surface area contributed by atoms with E-state index in [1.165, 1.54) is 0 Å². The van der Waals surface area contributed by atoms with E-state index in [1.54, 1.807) is 25.4 Å². The molecule has 0 aromatic carbocycles. The highest BCUT2D eigenvalue weighted by Gasteiger charge is 2.37. The Bertz CT molecular complexity index is 461. The third-order valence-corrected chi connectivity index (χ3v) is 3.41. The Balaban J connectivity index is 2.84. The molecule has 6 nitrogen and oxygen atoms in total. The van der Waals surface area contributed by atoms with Crippen LogP contribution in [0.1, 0.15) is 38.8 Å². The number of oxime groups is 1. The van der Waals surface area contributed by atoms with Crippen molar-refractivity contribution in [3.05, 3.63) is 30.1 Å². The molecule has 19 heavy (non-hydrogen) atoms. The maximum absolute atomic E-state index is 12.3. The van der Waals surface area contributed by atoms with E-state index < -0.39 is 5.41 Å². The van der Waals surface area contributed by atoms with Gasteiger partial charge in [-0.05, 0) is 31.9 Å². The van der Waals surface area contributed by atoms with Crippen LogP contribution in [0.2, 0.25) is 0 Å². The number of amides is 1. The molecule has 1 aromatic rings. The summed E-state index contributed by atoms with van der Waals surface area (Å²) in [6.07, 6.45) is 3.80. The molecule has 0 spiro atoms. The van der Waals surface area contributed by atoms with Crippen LogP contribution in [-0.4, -0.2) is 21.9 Å². The Morgan fingerprint density at radius 2 is 2.37 bits per heavy atom. The highest BCUT2D eigenvalue weighted by atomic mass is 16.4. The van der Waals surface area contributed by atoms with Gasteiger partial charge in [0, 0.05) is 12.4 Å². The summed E-state index contributed by atoms with van der Waals surface area (Å²) >= 11 is 0. The van der Waals surface area contributed by atoms with E-state index in [4.69, 9.17) is 10.9 Å². The lowest BCUT2D eigenvalue weighted by atomic mass is 9.85. The van der Waals surface area contributed by atoms with Crippen molar-refractivity contribution in [1.82, 2.24) is 10.3 Å². The van der Waals surface area contributed by atoms with Crippen molar-refractivity contribution in [2.45, 2.75) is 33.2 Å². The molecule has 1 aromatic heterocycles. The molecule has 6 heteroatoms. The number of hydrogen-bond acceptors (Lipinski definition) is 4. The number of nitrogens with one attached hydrogen (secondary N) is 1. The fourth-order valence-electron chi connectivity index (χ4n) is 1.64. The lowest BCUT2D eigenvalue weighted by Gasteiger charge is -2.27. The molecule has 0 saturated carbocycles. The molecule has 0 bridgehead atoms. The van der Waals surface area contributed by atoms with Crippen LogP contribution in [-0.2, 0) is 4.79 Å². The zero-order chi connectivity index (χ0) is 14.5. The normalized spacial score (nSPS) is 16.5. The van der Waals surface area contributed by atoms with E-state index in [-0.39, 0.29) is 17.8 Å². The largest absolute Gasteiger partial charge is 0.409 e. The molecule has 0 radical (unpaired) electrons. The first kappa shape index (κ1) is 14.9. The average molecular weight is 264 g/mol. The number of aromatic nitrogens is 1. The average Bonchev–Trinajstić information content (AvgIpc) is 2.46. The number of carbonyl (C=O) groups is 1. The third-order valence-electron chi connectivity index (χ3n) is 3.41. The molecule has 0 aliphatic rings. The number of rotatable bonds is 5. The zero-order valence-corrected chi connectivity index (χ0v) is 11.4.